The third-order valence-corrected chi connectivity index (χ3v) is 6.93. The first-order valence-corrected chi connectivity index (χ1v) is 9.59. The summed E-state index contributed by atoms with van der Waals surface area (Å²) in [6.45, 7) is 4.35. The molecule has 1 fully saturated rings. The van der Waals surface area contributed by atoms with Gasteiger partial charge in [-0.15, -0.1) is 5.10 Å². The number of hydrogen-bond acceptors (Lipinski definition) is 4. The van der Waals surface area contributed by atoms with E-state index in [1.807, 2.05) is 6.07 Å². The maximum Gasteiger partial charge on any atom is 0.135 e. The molecule has 2 aliphatic carbocycles. The third-order valence-electron chi connectivity index (χ3n) is 6.93. The molecule has 1 aromatic carbocycles. The molecule has 2 aliphatic rings. The first-order chi connectivity index (χ1) is 13.9. The number of aromatic nitrogens is 3. The normalized spacial score (nSPS) is 23.6. The zero-order valence-corrected chi connectivity index (χ0v) is 16.1. The van der Waals surface area contributed by atoms with Crippen LogP contribution in [0, 0.1) is 28.4 Å². The van der Waals surface area contributed by atoms with Crippen molar-refractivity contribution in [2.75, 3.05) is 0 Å². The Morgan fingerprint density at radius 2 is 1.86 bits per heavy atom. The molecule has 0 saturated heterocycles. The number of nitriles is 1. The van der Waals surface area contributed by atoms with Crippen molar-refractivity contribution in [2.45, 2.75) is 38.0 Å². The van der Waals surface area contributed by atoms with Gasteiger partial charge in [-0.3, -0.25) is 4.98 Å². The van der Waals surface area contributed by atoms with Crippen LogP contribution in [0.3, 0.4) is 0 Å². The van der Waals surface area contributed by atoms with Gasteiger partial charge in [0.1, 0.15) is 11.6 Å². The third kappa shape index (κ3) is 2.19. The summed E-state index contributed by atoms with van der Waals surface area (Å²) in [4.78, 5) is 4.60. The van der Waals surface area contributed by atoms with Crippen LogP contribution in [0.25, 0.3) is 11.3 Å². The summed E-state index contributed by atoms with van der Waals surface area (Å²) >= 11 is 0. The molecule has 0 radical (unpaired) electrons. The number of pyridine rings is 1. The summed E-state index contributed by atoms with van der Waals surface area (Å²) in [5, 5.41) is 18.0. The van der Waals surface area contributed by atoms with Crippen molar-refractivity contribution in [3.63, 3.8) is 0 Å². The van der Waals surface area contributed by atoms with Gasteiger partial charge in [0.25, 0.3) is 0 Å². The lowest BCUT2D eigenvalue weighted by molar-refractivity contribution is 0.243. The van der Waals surface area contributed by atoms with E-state index in [1.165, 1.54) is 18.2 Å². The fourth-order valence-corrected chi connectivity index (χ4v) is 5.49. The molecule has 1 saturated carbocycles. The van der Waals surface area contributed by atoms with Gasteiger partial charge in [-0.25, -0.2) is 8.78 Å². The first-order valence-electron chi connectivity index (χ1n) is 9.59. The molecular weight excluding hydrogens is 370 g/mol. The fourth-order valence-electron chi connectivity index (χ4n) is 5.49. The van der Waals surface area contributed by atoms with E-state index in [4.69, 9.17) is 0 Å². The summed E-state index contributed by atoms with van der Waals surface area (Å²) in [5.74, 6) is -1.13. The highest BCUT2D eigenvalue weighted by Gasteiger charge is 2.65. The second-order valence-corrected chi connectivity index (χ2v) is 8.39. The number of fused-ring (bicyclic) bond motifs is 5. The van der Waals surface area contributed by atoms with Crippen LogP contribution in [0.1, 0.15) is 55.1 Å². The molecule has 6 heteroatoms. The molecule has 3 aromatic rings. The average Bonchev–Trinajstić information content (AvgIpc) is 3.09. The molecule has 2 atom stereocenters. The van der Waals surface area contributed by atoms with Crippen molar-refractivity contribution >= 4 is 0 Å². The van der Waals surface area contributed by atoms with Crippen LogP contribution < -0.4 is 0 Å². The van der Waals surface area contributed by atoms with Crippen LogP contribution in [-0.4, -0.2) is 15.2 Å². The summed E-state index contributed by atoms with van der Waals surface area (Å²) in [5.41, 5.74) is 2.51. The Bertz CT molecular complexity index is 1180. The second kappa shape index (κ2) is 5.90. The maximum absolute atomic E-state index is 14.3. The van der Waals surface area contributed by atoms with Crippen LogP contribution in [0.2, 0.25) is 0 Å². The number of rotatable bonds is 2. The Kier molecular flexibility index (Phi) is 3.63. The molecular formula is C23H18F2N4. The zero-order valence-electron chi connectivity index (χ0n) is 16.1. The molecule has 4 nitrogen and oxygen atoms in total. The van der Waals surface area contributed by atoms with Crippen molar-refractivity contribution in [1.82, 2.24) is 15.2 Å². The molecule has 0 amide bonds. The molecule has 144 valence electrons. The van der Waals surface area contributed by atoms with E-state index in [1.54, 1.807) is 18.3 Å². The van der Waals surface area contributed by atoms with Crippen molar-refractivity contribution in [3.05, 3.63) is 76.7 Å². The van der Waals surface area contributed by atoms with Crippen LogP contribution in [0.5, 0.6) is 0 Å². The largest absolute Gasteiger partial charge is 0.260 e. The van der Waals surface area contributed by atoms with Gasteiger partial charge in [-0.1, -0.05) is 19.9 Å². The molecule has 2 aromatic heterocycles. The number of halogens is 2. The van der Waals surface area contributed by atoms with E-state index >= 15 is 0 Å². The molecule has 29 heavy (non-hydrogen) atoms. The Hall–Kier alpha value is -3.20. The summed E-state index contributed by atoms with van der Waals surface area (Å²) < 4.78 is 28.6. The summed E-state index contributed by atoms with van der Waals surface area (Å²) in [6.07, 6.45) is 3.42. The Balaban J connectivity index is 1.74. The topological polar surface area (TPSA) is 62.5 Å². The molecule has 0 aliphatic heterocycles. The molecule has 2 bridgehead atoms. The van der Waals surface area contributed by atoms with Gasteiger partial charge in [0.05, 0.1) is 39.7 Å². The Morgan fingerprint density at radius 1 is 1.10 bits per heavy atom. The van der Waals surface area contributed by atoms with Crippen molar-refractivity contribution in [3.8, 4) is 17.3 Å². The van der Waals surface area contributed by atoms with E-state index in [9.17, 15) is 14.0 Å². The summed E-state index contributed by atoms with van der Waals surface area (Å²) in [6, 6.07) is 11.3. The zero-order chi connectivity index (χ0) is 20.4. The van der Waals surface area contributed by atoms with Gasteiger partial charge >= 0.3 is 0 Å². The Morgan fingerprint density at radius 3 is 2.59 bits per heavy atom. The molecule has 2 heterocycles. The van der Waals surface area contributed by atoms with Gasteiger partial charge in [-0.2, -0.15) is 10.4 Å². The predicted molar refractivity (Wildman–Crippen MR) is 103 cm³/mol. The van der Waals surface area contributed by atoms with E-state index in [0.29, 0.717) is 5.56 Å². The molecule has 0 spiro atoms. The lowest BCUT2D eigenvalue weighted by Crippen LogP contribution is -2.37. The molecule has 0 N–H and O–H groups in total. The van der Waals surface area contributed by atoms with Gasteiger partial charge in [-0.05, 0) is 60.1 Å². The average molecular weight is 388 g/mol. The van der Waals surface area contributed by atoms with Crippen LogP contribution in [0.15, 0.2) is 42.6 Å². The standard InChI is InChI=1S/C23H18F2N4/c1-22(2)15-6-8-23(22,19-10-13(12-26)7-9-27-19)21-14(15)11-18(28-29-21)20-16(24)4-3-5-17(20)25/h3-5,7,9-11,15H,6,8H2,1-2H3/t15-,23+/m0/s1. The van der Waals surface area contributed by atoms with Crippen molar-refractivity contribution in [1.29, 1.82) is 5.26 Å². The second-order valence-electron chi connectivity index (χ2n) is 8.39. The van der Waals surface area contributed by atoms with Crippen molar-refractivity contribution < 1.29 is 8.78 Å². The van der Waals surface area contributed by atoms with E-state index in [-0.39, 0.29) is 22.6 Å². The van der Waals surface area contributed by atoms with E-state index in [0.717, 1.165) is 29.8 Å². The summed E-state index contributed by atoms with van der Waals surface area (Å²) in [7, 11) is 0. The predicted octanol–water partition coefficient (Wildman–Crippen LogP) is 4.89. The quantitative estimate of drug-likeness (QED) is 0.627. The van der Waals surface area contributed by atoms with Gasteiger partial charge < -0.3 is 0 Å². The van der Waals surface area contributed by atoms with E-state index < -0.39 is 17.0 Å². The number of hydrogen-bond donors (Lipinski definition) is 0. The highest BCUT2D eigenvalue weighted by atomic mass is 19.1. The highest BCUT2D eigenvalue weighted by Crippen LogP contribution is 2.69. The first kappa shape index (κ1) is 17.9. The fraction of sp³-hybridized carbons (Fsp3) is 0.304. The van der Waals surface area contributed by atoms with Gasteiger partial charge in [0.15, 0.2) is 0 Å². The molecule has 0 unspecified atom stereocenters. The van der Waals surface area contributed by atoms with Crippen LogP contribution in [-0.2, 0) is 5.41 Å². The minimum Gasteiger partial charge on any atom is -0.260 e. The van der Waals surface area contributed by atoms with Crippen molar-refractivity contribution in [2.24, 2.45) is 5.41 Å². The van der Waals surface area contributed by atoms with E-state index in [2.05, 4.69) is 35.1 Å². The van der Waals surface area contributed by atoms with Crippen LogP contribution in [0.4, 0.5) is 8.78 Å². The highest BCUT2D eigenvalue weighted by molar-refractivity contribution is 5.64. The van der Waals surface area contributed by atoms with Gasteiger partial charge in [0.2, 0.25) is 0 Å². The molecule has 5 rings (SSSR count). The van der Waals surface area contributed by atoms with Crippen LogP contribution >= 0.6 is 0 Å². The monoisotopic (exact) mass is 388 g/mol. The van der Waals surface area contributed by atoms with Gasteiger partial charge in [0, 0.05) is 6.20 Å². The number of benzene rings is 1. The lowest BCUT2D eigenvalue weighted by Gasteiger charge is -2.37. The lowest BCUT2D eigenvalue weighted by atomic mass is 9.66. The SMILES string of the molecule is CC1(C)[C@H]2CC[C@@]1(c1cc(C#N)ccn1)c1nnc(-c3c(F)cccc3F)cc12. The minimum atomic E-state index is -0.653. The minimum absolute atomic E-state index is 0.151. The Labute approximate surface area is 167 Å². The number of nitrogens with zero attached hydrogens (tertiary/aromatic N) is 4. The smallest absolute Gasteiger partial charge is 0.135 e. The maximum atomic E-state index is 14.3.